The lowest BCUT2D eigenvalue weighted by Gasteiger charge is -2.26. The van der Waals surface area contributed by atoms with Gasteiger partial charge in [0.05, 0.1) is 22.8 Å². The highest BCUT2D eigenvalue weighted by Crippen LogP contribution is 2.42. The van der Waals surface area contributed by atoms with Crippen LogP contribution in [0.25, 0.3) is 22.5 Å². The molecule has 0 spiro atoms. The van der Waals surface area contributed by atoms with Gasteiger partial charge in [-0.05, 0) is 35.4 Å². The van der Waals surface area contributed by atoms with Crippen molar-refractivity contribution in [3.05, 3.63) is 143 Å². The molecular formula is C36H28F4N2O2. The molecule has 1 heterocycles. The lowest BCUT2D eigenvalue weighted by atomic mass is 9.82. The Labute approximate surface area is 252 Å². The lowest BCUT2D eigenvalue weighted by molar-refractivity contribution is -0.110. The molecule has 0 aliphatic heterocycles. The summed E-state index contributed by atoms with van der Waals surface area (Å²) in [6, 6.07) is 23.8. The molecule has 1 aromatic heterocycles. The molecule has 5 rings (SSSR count). The fraction of sp³-hybridized carbons (Fsp3) is 0.167. The zero-order valence-corrected chi connectivity index (χ0v) is 23.9. The number of carbonyl (C=O) groups is 2. The smallest absolute Gasteiger partial charge is 0.135 e. The Morgan fingerprint density at radius 2 is 0.909 bits per heavy atom. The topological polar surface area (TPSA) is 59.9 Å². The van der Waals surface area contributed by atoms with Gasteiger partial charge in [0.1, 0.15) is 35.8 Å². The number of halogens is 4. The highest BCUT2D eigenvalue weighted by Gasteiger charge is 2.32. The third kappa shape index (κ3) is 6.06. The molecule has 0 aliphatic rings. The van der Waals surface area contributed by atoms with E-state index in [4.69, 9.17) is 9.97 Å². The van der Waals surface area contributed by atoms with Gasteiger partial charge in [-0.15, -0.1) is 0 Å². The van der Waals surface area contributed by atoms with E-state index in [-0.39, 0.29) is 33.9 Å². The predicted molar refractivity (Wildman–Crippen MR) is 160 cm³/mol. The Hall–Kier alpha value is -4.98. The molecule has 0 amide bonds. The quantitative estimate of drug-likeness (QED) is 0.120. The number of hydrogen-bond donors (Lipinski definition) is 0. The first-order valence-corrected chi connectivity index (χ1v) is 14.1. The van der Waals surface area contributed by atoms with E-state index >= 15 is 8.78 Å². The Balaban J connectivity index is 1.83. The molecule has 0 saturated carbocycles. The number of rotatable bonds is 10. The van der Waals surface area contributed by atoms with Crippen molar-refractivity contribution in [1.29, 1.82) is 0 Å². The SMILES string of the molecule is CC(c1nc(-c2ccc(F)cc2F)c(C(C)C(C=O)c2ccccc2)nc1-c1ccc(F)cc1F)C(C=O)c1ccccc1. The van der Waals surface area contributed by atoms with Gasteiger partial charge < -0.3 is 9.59 Å². The first-order chi connectivity index (χ1) is 21.2. The average molecular weight is 597 g/mol. The van der Waals surface area contributed by atoms with Crippen LogP contribution in [0, 0.1) is 23.3 Å². The van der Waals surface area contributed by atoms with Gasteiger partial charge in [0, 0.05) is 46.9 Å². The molecule has 4 nitrogen and oxygen atoms in total. The summed E-state index contributed by atoms with van der Waals surface area (Å²) in [5.41, 5.74) is 1.49. The predicted octanol–water partition coefficient (Wildman–Crippen LogP) is 8.54. The maximum absolute atomic E-state index is 15.4. The monoisotopic (exact) mass is 596 g/mol. The second-order valence-electron chi connectivity index (χ2n) is 10.7. The van der Waals surface area contributed by atoms with Crippen molar-refractivity contribution in [3.63, 3.8) is 0 Å². The van der Waals surface area contributed by atoms with Gasteiger partial charge in [-0.25, -0.2) is 27.5 Å². The van der Waals surface area contributed by atoms with Gasteiger partial charge in [0.15, 0.2) is 0 Å². The van der Waals surface area contributed by atoms with E-state index in [9.17, 15) is 18.4 Å². The van der Waals surface area contributed by atoms with E-state index in [1.807, 2.05) is 0 Å². The minimum absolute atomic E-state index is 0.0172. The van der Waals surface area contributed by atoms with E-state index in [0.29, 0.717) is 23.3 Å². The van der Waals surface area contributed by atoms with E-state index in [1.165, 1.54) is 12.1 Å². The second kappa shape index (κ2) is 13.1. The van der Waals surface area contributed by atoms with Crippen LogP contribution in [0.2, 0.25) is 0 Å². The number of nitrogens with zero attached hydrogens (tertiary/aromatic N) is 2. The van der Waals surface area contributed by atoms with Crippen LogP contribution in [0.5, 0.6) is 0 Å². The summed E-state index contributed by atoms with van der Waals surface area (Å²) in [4.78, 5) is 34.6. The summed E-state index contributed by atoms with van der Waals surface area (Å²) in [7, 11) is 0. The number of aromatic nitrogens is 2. The standard InChI is InChI=1S/C36H28F4N2O2/c1-21(29(19-43)23-9-5-3-6-10-23)33-35(27-15-13-25(37)17-31(27)39)42-34(22(2)30(20-44)24-11-7-4-8-12-24)36(41-33)28-16-14-26(38)18-32(28)40/h3-22,29-30H,1-2H3. The fourth-order valence-electron chi connectivity index (χ4n) is 5.52. The normalized spacial score (nSPS) is 14.0. The molecule has 222 valence electrons. The molecule has 4 atom stereocenters. The Bertz CT molecular complexity index is 1670. The van der Waals surface area contributed by atoms with Crippen LogP contribution in [-0.4, -0.2) is 22.5 Å². The zero-order valence-electron chi connectivity index (χ0n) is 23.9. The molecule has 8 heteroatoms. The molecule has 0 N–H and O–H groups in total. The van der Waals surface area contributed by atoms with Gasteiger partial charge >= 0.3 is 0 Å². The molecular weight excluding hydrogens is 568 g/mol. The molecule has 0 bridgehead atoms. The van der Waals surface area contributed by atoms with Crippen molar-refractivity contribution in [2.24, 2.45) is 0 Å². The van der Waals surface area contributed by atoms with Crippen LogP contribution >= 0.6 is 0 Å². The van der Waals surface area contributed by atoms with Crippen molar-refractivity contribution in [2.75, 3.05) is 0 Å². The van der Waals surface area contributed by atoms with Gasteiger partial charge in [-0.1, -0.05) is 74.5 Å². The van der Waals surface area contributed by atoms with Crippen molar-refractivity contribution in [2.45, 2.75) is 37.5 Å². The fourth-order valence-corrected chi connectivity index (χ4v) is 5.52. The summed E-state index contributed by atoms with van der Waals surface area (Å²) in [5.74, 6) is -6.37. The number of benzene rings is 4. The molecule has 4 aromatic carbocycles. The van der Waals surface area contributed by atoms with Crippen LogP contribution in [-0.2, 0) is 9.59 Å². The van der Waals surface area contributed by atoms with Crippen molar-refractivity contribution in [1.82, 2.24) is 9.97 Å². The third-order valence-electron chi connectivity index (χ3n) is 7.92. The summed E-state index contributed by atoms with van der Waals surface area (Å²) in [6.45, 7) is 3.43. The molecule has 44 heavy (non-hydrogen) atoms. The van der Waals surface area contributed by atoms with Gasteiger partial charge in [0.2, 0.25) is 0 Å². The minimum Gasteiger partial charge on any atom is -0.303 e. The molecule has 4 unspecified atom stereocenters. The molecule has 0 aliphatic carbocycles. The average Bonchev–Trinajstić information content (AvgIpc) is 3.02. The van der Waals surface area contributed by atoms with Crippen molar-refractivity contribution in [3.8, 4) is 22.5 Å². The highest BCUT2D eigenvalue weighted by atomic mass is 19.1. The molecule has 5 aromatic rings. The maximum atomic E-state index is 15.4. The third-order valence-corrected chi connectivity index (χ3v) is 7.92. The number of carbonyl (C=O) groups excluding carboxylic acids is 2. The summed E-state index contributed by atoms with van der Waals surface area (Å²) >= 11 is 0. The lowest BCUT2D eigenvalue weighted by Crippen LogP contribution is -2.18. The van der Waals surface area contributed by atoms with Gasteiger partial charge in [-0.2, -0.15) is 0 Å². The van der Waals surface area contributed by atoms with Crippen LogP contribution in [0.4, 0.5) is 17.6 Å². The number of hydrogen-bond acceptors (Lipinski definition) is 4. The molecule has 0 saturated heterocycles. The van der Waals surface area contributed by atoms with Gasteiger partial charge in [0.25, 0.3) is 0 Å². The summed E-state index contributed by atoms with van der Waals surface area (Å²) in [5, 5.41) is 0. The second-order valence-corrected chi connectivity index (χ2v) is 10.7. The Morgan fingerprint density at radius 1 is 0.545 bits per heavy atom. The Kier molecular flexibility index (Phi) is 9.09. The first-order valence-electron chi connectivity index (χ1n) is 14.1. The summed E-state index contributed by atoms with van der Waals surface area (Å²) < 4.78 is 58.8. The van der Waals surface area contributed by atoms with Crippen LogP contribution in [0.3, 0.4) is 0 Å². The molecule has 0 fully saturated rings. The maximum Gasteiger partial charge on any atom is 0.135 e. The Morgan fingerprint density at radius 3 is 1.23 bits per heavy atom. The van der Waals surface area contributed by atoms with E-state index in [2.05, 4.69) is 0 Å². The van der Waals surface area contributed by atoms with Crippen molar-refractivity contribution >= 4 is 12.6 Å². The highest BCUT2D eigenvalue weighted by molar-refractivity contribution is 5.73. The largest absolute Gasteiger partial charge is 0.303 e. The van der Waals surface area contributed by atoms with Crippen LogP contribution < -0.4 is 0 Å². The summed E-state index contributed by atoms with van der Waals surface area (Å²) in [6.07, 6.45) is 1.50. The van der Waals surface area contributed by atoms with Crippen LogP contribution in [0.15, 0.2) is 97.1 Å². The molecule has 0 radical (unpaired) electrons. The van der Waals surface area contributed by atoms with Crippen molar-refractivity contribution < 1.29 is 27.2 Å². The first kappa shape index (κ1) is 30.5. The van der Waals surface area contributed by atoms with Gasteiger partial charge in [-0.3, -0.25) is 0 Å². The van der Waals surface area contributed by atoms with E-state index in [0.717, 1.165) is 24.7 Å². The van der Waals surface area contributed by atoms with E-state index in [1.54, 1.807) is 74.5 Å². The van der Waals surface area contributed by atoms with E-state index < -0.39 is 46.9 Å². The minimum atomic E-state index is -0.913. The zero-order chi connectivity index (χ0) is 31.4. The number of aldehydes is 2. The van der Waals surface area contributed by atoms with Crippen LogP contribution in [0.1, 0.15) is 60.0 Å².